The van der Waals surface area contributed by atoms with Crippen LogP contribution < -0.4 is 19.5 Å². The van der Waals surface area contributed by atoms with Gasteiger partial charge in [-0.1, -0.05) is 30.3 Å². The van der Waals surface area contributed by atoms with Crippen molar-refractivity contribution in [3.63, 3.8) is 0 Å². The second kappa shape index (κ2) is 6.20. The minimum atomic E-state index is -0.0882. The average Bonchev–Trinajstić information content (AvgIpc) is 2.59. The van der Waals surface area contributed by atoms with E-state index in [4.69, 9.17) is 14.2 Å². The first-order valence-corrected chi connectivity index (χ1v) is 7.37. The Morgan fingerprint density at radius 1 is 1.00 bits per heavy atom. The lowest BCUT2D eigenvalue weighted by molar-refractivity contribution is -0.116. The molecule has 0 aromatic heterocycles. The molecule has 0 unspecified atom stereocenters. The maximum atomic E-state index is 12.1. The van der Waals surface area contributed by atoms with Gasteiger partial charge in [0.2, 0.25) is 11.7 Å². The number of anilines is 1. The Morgan fingerprint density at radius 3 is 2.30 bits per heavy atom. The Hall–Kier alpha value is -2.69. The lowest BCUT2D eigenvalue weighted by atomic mass is 9.84. The summed E-state index contributed by atoms with van der Waals surface area (Å²) >= 11 is 0. The van der Waals surface area contributed by atoms with Crippen LogP contribution in [-0.2, 0) is 4.79 Å². The van der Waals surface area contributed by atoms with Gasteiger partial charge in [0, 0.05) is 24.0 Å². The Balaban J connectivity index is 2.25. The van der Waals surface area contributed by atoms with Crippen molar-refractivity contribution < 1.29 is 19.0 Å². The first-order valence-electron chi connectivity index (χ1n) is 7.37. The molecular formula is C18H19NO4. The van der Waals surface area contributed by atoms with Crippen LogP contribution in [0.1, 0.15) is 23.5 Å². The molecule has 2 aromatic rings. The van der Waals surface area contributed by atoms with Gasteiger partial charge in [0.05, 0.1) is 27.0 Å². The van der Waals surface area contributed by atoms with E-state index in [2.05, 4.69) is 5.32 Å². The van der Waals surface area contributed by atoms with E-state index >= 15 is 0 Å². The van der Waals surface area contributed by atoms with Gasteiger partial charge in [0.25, 0.3) is 0 Å². The fourth-order valence-corrected chi connectivity index (χ4v) is 3.09. The summed E-state index contributed by atoms with van der Waals surface area (Å²) in [4.78, 5) is 12.1. The highest BCUT2D eigenvalue weighted by molar-refractivity contribution is 5.97. The smallest absolute Gasteiger partial charge is 0.225 e. The predicted molar refractivity (Wildman–Crippen MR) is 87.6 cm³/mol. The van der Waals surface area contributed by atoms with E-state index in [0.29, 0.717) is 29.4 Å². The summed E-state index contributed by atoms with van der Waals surface area (Å²) in [6, 6.07) is 11.7. The van der Waals surface area contributed by atoms with E-state index in [1.807, 2.05) is 30.3 Å². The zero-order valence-electron chi connectivity index (χ0n) is 13.4. The minimum absolute atomic E-state index is 0.0272. The van der Waals surface area contributed by atoms with Crippen LogP contribution >= 0.6 is 0 Å². The van der Waals surface area contributed by atoms with Crippen LogP contribution in [0.25, 0.3) is 0 Å². The fourth-order valence-electron chi connectivity index (χ4n) is 3.09. The number of hydrogen-bond acceptors (Lipinski definition) is 4. The summed E-state index contributed by atoms with van der Waals surface area (Å²) < 4.78 is 16.4. The molecule has 3 rings (SSSR count). The zero-order valence-corrected chi connectivity index (χ0v) is 13.4. The third kappa shape index (κ3) is 2.59. The van der Waals surface area contributed by atoms with Crippen LogP contribution in [0, 0.1) is 0 Å². The molecule has 0 bridgehead atoms. The molecule has 0 radical (unpaired) electrons. The molecule has 0 aliphatic carbocycles. The summed E-state index contributed by atoms with van der Waals surface area (Å²) in [7, 11) is 4.73. The number of hydrogen-bond donors (Lipinski definition) is 1. The van der Waals surface area contributed by atoms with Crippen molar-refractivity contribution in [1.29, 1.82) is 0 Å². The first kappa shape index (κ1) is 15.2. The lowest BCUT2D eigenvalue weighted by Gasteiger charge is -2.29. The van der Waals surface area contributed by atoms with Gasteiger partial charge in [-0.3, -0.25) is 4.79 Å². The molecule has 1 amide bonds. The van der Waals surface area contributed by atoms with Gasteiger partial charge in [-0.25, -0.2) is 0 Å². The summed E-state index contributed by atoms with van der Waals surface area (Å²) in [5.74, 6) is 1.54. The second-order valence-electron chi connectivity index (χ2n) is 5.32. The molecule has 120 valence electrons. The van der Waals surface area contributed by atoms with Crippen molar-refractivity contribution in [3.8, 4) is 17.2 Å². The molecule has 0 saturated carbocycles. The molecule has 5 nitrogen and oxygen atoms in total. The minimum Gasteiger partial charge on any atom is -0.493 e. The van der Waals surface area contributed by atoms with E-state index in [-0.39, 0.29) is 11.8 Å². The highest BCUT2D eigenvalue weighted by atomic mass is 16.5. The van der Waals surface area contributed by atoms with Crippen LogP contribution in [0.15, 0.2) is 36.4 Å². The van der Waals surface area contributed by atoms with Crippen molar-refractivity contribution in [3.05, 3.63) is 47.5 Å². The van der Waals surface area contributed by atoms with Gasteiger partial charge in [0.1, 0.15) is 0 Å². The Bertz CT molecular complexity index is 728. The molecule has 0 saturated heterocycles. The van der Waals surface area contributed by atoms with Crippen LogP contribution in [0.4, 0.5) is 5.69 Å². The molecule has 1 aliphatic rings. The monoisotopic (exact) mass is 313 g/mol. The van der Waals surface area contributed by atoms with E-state index < -0.39 is 0 Å². The Morgan fingerprint density at radius 2 is 1.70 bits per heavy atom. The highest BCUT2D eigenvalue weighted by Gasteiger charge is 2.33. The largest absolute Gasteiger partial charge is 0.493 e. The molecule has 1 N–H and O–H groups in total. The normalized spacial score (nSPS) is 16.3. The first-order chi connectivity index (χ1) is 11.2. The summed E-state index contributed by atoms with van der Waals surface area (Å²) in [6.45, 7) is 0. The number of benzene rings is 2. The number of fused-ring (bicyclic) bond motifs is 1. The summed E-state index contributed by atoms with van der Waals surface area (Å²) in [6.07, 6.45) is 0.364. The van der Waals surface area contributed by atoms with E-state index in [0.717, 1.165) is 11.1 Å². The SMILES string of the molecule is COc1cc2c(c(OC)c1OC)[C@H](c1ccccc1)CC(=O)N2. The van der Waals surface area contributed by atoms with Gasteiger partial charge in [-0.2, -0.15) is 0 Å². The predicted octanol–water partition coefficient (Wildman–Crippen LogP) is 3.19. The third-order valence-corrected chi connectivity index (χ3v) is 4.08. The molecule has 1 heterocycles. The van der Waals surface area contributed by atoms with Gasteiger partial charge in [-0.15, -0.1) is 0 Å². The molecule has 1 aliphatic heterocycles. The van der Waals surface area contributed by atoms with Gasteiger partial charge in [0.15, 0.2) is 11.5 Å². The number of carbonyl (C=O) groups is 1. The van der Waals surface area contributed by atoms with Gasteiger partial charge < -0.3 is 19.5 Å². The number of rotatable bonds is 4. The van der Waals surface area contributed by atoms with Gasteiger partial charge >= 0.3 is 0 Å². The maximum Gasteiger partial charge on any atom is 0.225 e. The standard InChI is InChI=1S/C18H19NO4/c1-21-14-10-13-16(18(23-3)17(14)22-2)12(9-15(20)19-13)11-7-5-4-6-8-11/h4-8,10,12H,9H2,1-3H3,(H,19,20)/t12-/m0/s1. The third-order valence-electron chi connectivity index (χ3n) is 4.08. The van der Waals surface area contributed by atoms with Crippen LogP contribution in [0.3, 0.4) is 0 Å². The van der Waals surface area contributed by atoms with E-state index in [9.17, 15) is 4.79 Å². The van der Waals surface area contributed by atoms with E-state index in [1.165, 1.54) is 0 Å². The number of amides is 1. The van der Waals surface area contributed by atoms with Crippen molar-refractivity contribution >= 4 is 11.6 Å². The average molecular weight is 313 g/mol. The maximum absolute atomic E-state index is 12.1. The zero-order chi connectivity index (χ0) is 16.4. The number of methoxy groups -OCH3 is 3. The van der Waals surface area contributed by atoms with Crippen molar-refractivity contribution in [1.82, 2.24) is 0 Å². The number of ether oxygens (including phenoxy) is 3. The molecule has 1 atom stereocenters. The number of nitrogens with one attached hydrogen (secondary N) is 1. The molecule has 23 heavy (non-hydrogen) atoms. The Kier molecular flexibility index (Phi) is 4.10. The molecule has 2 aromatic carbocycles. The highest BCUT2D eigenvalue weighted by Crippen LogP contribution is 2.51. The molecule has 0 spiro atoms. The van der Waals surface area contributed by atoms with Crippen molar-refractivity contribution in [2.24, 2.45) is 0 Å². The molecule has 0 fully saturated rings. The molecule has 5 heteroatoms. The van der Waals surface area contributed by atoms with Crippen molar-refractivity contribution in [2.75, 3.05) is 26.6 Å². The fraction of sp³-hybridized carbons (Fsp3) is 0.278. The topological polar surface area (TPSA) is 56.8 Å². The quantitative estimate of drug-likeness (QED) is 0.942. The molecular weight excluding hydrogens is 294 g/mol. The van der Waals surface area contributed by atoms with Crippen LogP contribution in [0.5, 0.6) is 17.2 Å². The number of carbonyl (C=O) groups excluding carboxylic acids is 1. The van der Waals surface area contributed by atoms with E-state index in [1.54, 1.807) is 27.4 Å². The summed E-state index contributed by atoms with van der Waals surface area (Å²) in [5.41, 5.74) is 2.68. The Labute approximate surface area is 135 Å². The van der Waals surface area contributed by atoms with Crippen LogP contribution in [0.2, 0.25) is 0 Å². The van der Waals surface area contributed by atoms with Crippen LogP contribution in [-0.4, -0.2) is 27.2 Å². The second-order valence-corrected chi connectivity index (χ2v) is 5.32. The summed E-state index contributed by atoms with van der Waals surface area (Å²) in [5, 5.41) is 2.91. The van der Waals surface area contributed by atoms with Gasteiger partial charge in [-0.05, 0) is 5.56 Å². The lowest BCUT2D eigenvalue weighted by Crippen LogP contribution is -2.24. The van der Waals surface area contributed by atoms with Crippen molar-refractivity contribution in [2.45, 2.75) is 12.3 Å².